The molecule has 0 saturated heterocycles. The highest BCUT2D eigenvalue weighted by Crippen LogP contribution is 2.16. The molecule has 0 amide bonds. The Morgan fingerprint density at radius 2 is 1.04 bits per heavy atom. The second-order valence-corrected chi connectivity index (χ2v) is 8.06. The normalized spacial score (nSPS) is 10.6. The average molecular weight is 393 g/mol. The Balaban J connectivity index is 2.96. The van der Waals surface area contributed by atoms with E-state index < -0.39 is 0 Å². The molecule has 0 aromatic rings. The highest BCUT2D eigenvalue weighted by atomic mass is 32.2. The number of hydrogen-bond acceptors (Lipinski definition) is 6. The van der Waals surface area contributed by atoms with Crippen LogP contribution < -0.4 is 0 Å². The van der Waals surface area contributed by atoms with Crippen molar-refractivity contribution in [2.45, 2.75) is 51.4 Å². The van der Waals surface area contributed by atoms with Gasteiger partial charge in [-0.15, -0.1) is 0 Å². The van der Waals surface area contributed by atoms with Crippen LogP contribution in [0.3, 0.4) is 0 Å². The van der Waals surface area contributed by atoms with Crippen LogP contribution in [0.15, 0.2) is 25.7 Å². The van der Waals surface area contributed by atoms with Crippen LogP contribution in [0, 0.1) is 0 Å². The molecule has 4 nitrogen and oxygen atoms in total. The highest BCUT2D eigenvalue weighted by Gasteiger charge is 1.95. The molecule has 6 heteroatoms. The van der Waals surface area contributed by atoms with Gasteiger partial charge in [0.25, 0.3) is 0 Å². The molecule has 0 heterocycles. The molecule has 0 rings (SSSR count). The molecule has 0 bridgehead atoms. The summed E-state index contributed by atoms with van der Waals surface area (Å²) < 4.78 is 20.4. The van der Waals surface area contributed by atoms with E-state index in [1.54, 1.807) is 0 Å². The lowest BCUT2D eigenvalue weighted by Gasteiger charge is -2.05. The maximum Gasteiger partial charge on any atom is 0.188 e. The Hall–Kier alpha value is -0.300. The van der Waals surface area contributed by atoms with Crippen molar-refractivity contribution in [2.75, 3.05) is 43.4 Å². The number of hydrogen-bond donors (Lipinski definition) is 0. The summed E-state index contributed by atoms with van der Waals surface area (Å²) in [4.78, 5) is 0. The third-order valence-electron chi connectivity index (χ3n) is 3.36. The largest absolute Gasteiger partial charge is 0.476 e. The Morgan fingerprint density at radius 3 is 1.48 bits per heavy atom. The average Bonchev–Trinajstić information content (AvgIpc) is 2.63. The van der Waals surface area contributed by atoms with Gasteiger partial charge in [-0.3, -0.25) is 0 Å². The Morgan fingerprint density at radius 1 is 0.600 bits per heavy atom. The molecule has 0 aromatic heterocycles. The number of ether oxygens (including phenoxy) is 4. The summed E-state index contributed by atoms with van der Waals surface area (Å²) in [5.74, 6) is 2.55. The van der Waals surface area contributed by atoms with Gasteiger partial charge in [-0.2, -0.15) is 23.5 Å². The van der Waals surface area contributed by atoms with Gasteiger partial charge in [-0.05, 0) is 37.2 Å². The van der Waals surface area contributed by atoms with Crippen molar-refractivity contribution in [2.24, 2.45) is 0 Å². The van der Waals surface area contributed by atoms with Gasteiger partial charge in [0.1, 0.15) is 0 Å². The zero-order valence-corrected chi connectivity index (χ0v) is 17.3. The minimum Gasteiger partial charge on any atom is -0.476 e. The fourth-order valence-electron chi connectivity index (χ4n) is 2.01. The summed E-state index contributed by atoms with van der Waals surface area (Å²) in [6, 6.07) is 0. The van der Waals surface area contributed by atoms with Crippen LogP contribution in [-0.4, -0.2) is 43.4 Å². The van der Waals surface area contributed by atoms with Crippen LogP contribution in [0.1, 0.15) is 51.4 Å². The maximum atomic E-state index is 5.28. The lowest BCUT2D eigenvalue weighted by molar-refractivity contribution is -0.0124. The van der Waals surface area contributed by atoms with Crippen LogP contribution in [0.5, 0.6) is 0 Å². The van der Waals surface area contributed by atoms with Crippen molar-refractivity contribution in [1.82, 2.24) is 0 Å². The molecule has 0 saturated carbocycles. The van der Waals surface area contributed by atoms with Gasteiger partial charge in [0, 0.05) is 5.08 Å². The highest BCUT2D eigenvalue weighted by molar-refractivity contribution is 8.15. The quantitative estimate of drug-likeness (QED) is 0.132. The molecule has 0 atom stereocenters. The first-order chi connectivity index (χ1) is 12.4. The van der Waals surface area contributed by atoms with Gasteiger partial charge in [0.05, 0.1) is 25.7 Å². The van der Waals surface area contributed by atoms with Crippen LogP contribution in [-0.2, 0) is 18.9 Å². The number of rotatable bonds is 22. The smallest absolute Gasteiger partial charge is 0.188 e. The fourth-order valence-corrected chi connectivity index (χ4v) is 4.24. The number of unbranched alkanes of at least 4 members (excludes halogenated alkanes) is 6. The van der Waals surface area contributed by atoms with E-state index in [0.29, 0.717) is 13.6 Å². The SMILES string of the molecule is C=COCOCCCCCCSCSCCCCCCOCOC=C. The molecule has 148 valence electrons. The predicted octanol–water partition coefficient (Wildman–Crippen LogP) is 5.80. The van der Waals surface area contributed by atoms with E-state index in [0.717, 1.165) is 26.1 Å². The van der Waals surface area contributed by atoms with E-state index in [4.69, 9.17) is 18.9 Å². The minimum atomic E-state index is 0.328. The molecule has 0 aliphatic carbocycles. The molecule has 0 aliphatic rings. The molecular formula is C19H36O4S2. The lowest BCUT2D eigenvalue weighted by Crippen LogP contribution is -1.98. The molecule has 0 unspecified atom stereocenters. The van der Waals surface area contributed by atoms with E-state index in [-0.39, 0.29) is 0 Å². The summed E-state index contributed by atoms with van der Waals surface area (Å²) in [5, 5.41) is 1.23. The summed E-state index contributed by atoms with van der Waals surface area (Å²) in [6.45, 7) is 9.15. The first-order valence-corrected chi connectivity index (χ1v) is 11.5. The standard InChI is InChI=1S/C19H36O4S2/c1-3-20-17-22-13-9-5-7-11-15-24-19-25-16-12-8-6-10-14-23-18-21-4-2/h3-4H,1-2,5-19H2. The van der Waals surface area contributed by atoms with Crippen molar-refractivity contribution in [3.63, 3.8) is 0 Å². The van der Waals surface area contributed by atoms with E-state index in [2.05, 4.69) is 36.7 Å². The molecule has 0 fully saturated rings. The van der Waals surface area contributed by atoms with Crippen LogP contribution in [0.2, 0.25) is 0 Å². The zero-order valence-electron chi connectivity index (χ0n) is 15.6. The monoisotopic (exact) mass is 392 g/mol. The summed E-state index contributed by atoms with van der Waals surface area (Å²) in [7, 11) is 0. The third-order valence-corrected chi connectivity index (χ3v) is 5.85. The van der Waals surface area contributed by atoms with Crippen molar-refractivity contribution < 1.29 is 18.9 Å². The molecular weight excluding hydrogens is 356 g/mol. The van der Waals surface area contributed by atoms with Crippen LogP contribution in [0.25, 0.3) is 0 Å². The van der Waals surface area contributed by atoms with Gasteiger partial charge >= 0.3 is 0 Å². The Labute approximate surface area is 163 Å². The molecule has 0 aliphatic heterocycles. The second-order valence-electron chi connectivity index (χ2n) is 5.48. The van der Waals surface area contributed by atoms with Crippen LogP contribution >= 0.6 is 23.5 Å². The second kappa shape index (κ2) is 23.7. The molecule has 0 spiro atoms. The van der Waals surface area contributed by atoms with Gasteiger partial charge in [-0.1, -0.05) is 38.8 Å². The van der Waals surface area contributed by atoms with Crippen molar-refractivity contribution in [3.8, 4) is 0 Å². The van der Waals surface area contributed by atoms with E-state index in [9.17, 15) is 0 Å². The Bertz CT molecular complexity index is 252. The lowest BCUT2D eigenvalue weighted by atomic mass is 10.2. The first-order valence-electron chi connectivity index (χ1n) is 9.17. The van der Waals surface area contributed by atoms with Crippen LogP contribution in [0.4, 0.5) is 0 Å². The van der Waals surface area contributed by atoms with E-state index >= 15 is 0 Å². The third kappa shape index (κ3) is 23.7. The summed E-state index contributed by atoms with van der Waals surface area (Å²) in [6.07, 6.45) is 12.7. The van der Waals surface area contributed by atoms with Gasteiger partial charge in [-0.25, -0.2) is 0 Å². The zero-order chi connectivity index (χ0) is 18.3. The van der Waals surface area contributed by atoms with Gasteiger partial charge in [0.2, 0.25) is 0 Å². The topological polar surface area (TPSA) is 36.9 Å². The molecule has 25 heavy (non-hydrogen) atoms. The maximum absolute atomic E-state index is 5.28. The van der Waals surface area contributed by atoms with Crippen molar-refractivity contribution in [1.29, 1.82) is 0 Å². The van der Waals surface area contributed by atoms with Crippen molar-refractivity contribution in [3.05, 3.63) is 25.7 Å². The van der Waals surface area contributed by atoms with Gasteiger partial charge < -0.3 is 18.9 Å². The van der Waals surface area contributed by atoms with Gasteiger partial charge in [0.15, 0.2) is 13.6 Å². The fraction of sp³-hybridized carbons (Fsp3) is 0.789. The van der Waals surface area contributed by atoms with Crippen molar-refractivity contribution >= 4 is 23.5 Å². The molecule has 0 radical (unpaired) electrons. The van der Waals surface area contributed by atoms with E-state index in [1.165, 1.54) is 67.6 Å². The minimum absolute atomic E-state index is 0.328. The first kappa shape index (κ1) is 24.7. The molecule has 0 aromatic carbocycles. The summed E-state index contributed by atoms with van der Waals surface area (Å²) >= 11 is 4.13. The predicted molar refractivity (Wildman–Crippen MR) is 111 cm³/mol. The molecule has 0 N–H and O–H groups in total. The number of thioether (sulfide) groups is 2. The van der Waals surface area contributed by atoms with E-state index in [1.807, 2.05) is 0 Å². The Kier molecular flexibility index (Phi) is 23.4. The summed E-state index contributed by atoms with van der Waals surface area (Å²) in [5.41, 5.74) is 0.